The first-order chi connectivity index (χ1) is 11.0. The second-order valence-corrected chi connectivity index (χ2v) is 5.30. The van der Waals surface area contributed by atoms with E-state index in [1.54, 1.807) is 14.2 Å². The van der Waals surface area contributed by atoms with Crippen molar-refractivity contribution in [1.29, 1.82) is 0 Å². The fraction of sp³-hybridized carbons (Fsp3) is 0.278. The summed E-state index contributed by atoms with van der Waals surface area (Å²) in [4.78, 5) is 11.0. The van der Waals surface area contributed by atoms with Gasteiger partial charge in [-0.3, -0.25) is 4.79 Å². The summed E-state index contributed by atoms with van der Waals surface area (Å²) in [6, 6.07) is 9.54. The highest BCUT2D eigenvalue weighted by Crippen LogP contribution is 2.43. The number of carbonyl (C=O) groups is 1. The Kier molecular flexibility index (Phi) is 5.11. The lowest BCUT2D eigenvalue weighted by molar-refractivity contribution is -0.119. The maximum absolute atomic E-state index is 11.0. The number of primary amides is 1. The highest BCUT2D eigenvalue weighted by atomic mass is 16.5. The van der Waals surface area contributed by atoms with Crippen molar-refractivity contribution >= 4 is 5.91 Å². The van der Waals surface area contributed by atoms with Gasteiger partial charge in [-0.05, 0) is 43.7 Å². The molecule has 5 nitrogen and oxygen atoms in total. The maximum atomic E-state index is 11.0. The Morgan fingerprint density at radius 3 is 2.09 bits per heavy atom. The molecular weight excluding hydrogens is 294 g/mol. The Bertz CT molecular complexity index is 700. The molecule has 23 heavy (non-hydrogen) atoms. The molecule has 2 N–H and O–H groups in total. The van der Waals surface area contributed by atoms with Gasteiger partial charge in [0.25, 0.3) is 5.91 Å². The number of aryl methyl sites for hydroxylation is 2. The predicted octanol–water partition coefficient (Wildman–Crippen LogP) is 2.85. The minimum Gasteiger partial charge on any atom is -0.496 e. The van der Waals surface area contributed by atoms with Gasteiger partial charge in [0.2, 0.25) is 0 Å². The standard InChI is InChI=1S/C18H21NO4/c1-11-5-6-14(23-10-17(19)20)13(7-11)18-15(21-3)8-12(2)9-16(18)22-4/h5-9H,10H2,1-4H3,(H2,19,20). The van der Waals surface area contributed by atoms with Crippen LogP contribution in [-0.4, -0.2) is 26.7 Å². The fourth-order valence-electron chi connectivity index (χ4n) is 2.42. The van der Waals surface area contributed by atoms with Crippen LogP contribution in [0.15, 0.2) is 30.3 Å². The summed E-state index contributed by atoms with van der Waals surface area (Å²) in [7, 11) is 3.22. The number of benzene rings is 2. The van der Waals surface area contributed by atoms with E-state index in [9.17, 15) is 4.79 Å². The average Bonchev–Trinajstić information content (AvgIpc) is 2.52. The summed E-state index contributed by atoms with van der Waals surface area (Å²) >= 11 is 0. The van der Waals surface area contributed by atoms with Gasteiger partial charge in [0.15, 0.2) is 6.61 Å². The third kappa shape index (κ3) is 3.74. The molecule has 0 spiro atoms. The molecule has 2 aromatic carbocycles. The number of hydrogen-bond acceptors (Lipinski definition) is 4. The fourth-order valence-corrected chi connectivity index (χ4v) is 2.42. The summed E-state index contributed by atoms with van der Waals surface area (Å²) in [6.45, 7) is 3.76. The van der Waals surface area contributed by atoms with Gasteiger partial charge in [0.05, 0.1) is 19.8 Å². The van der Waals surface area contributed by atoms with E-state index in [1.165, 1.54) is 0 Å². The van der Waals surface area contributed by atoms with E-state index in [0.29, 0.717) is 17.2 Å². The smallest absolute Gasteiger partial charge is 0.255 e. The van der Waals surface area contributed by atoms with Gasteiger partial charge in [0, 0.05) is 5.56 Å². The molecule has 0 bridgehead atoms. The number of rotatable bonds is 6. The topological polar surface area (TPSA) is 70.8 Å². The quantitative estimate of drug-likeness (QED) is 0.890. The van der Waals surface area contributed by atoms with Crippen LogP contribution in [0.25, 0.3) is 11.1 Å². The van der Waals surface area contributed by atoms with Crippen molar-refractivity contribution in [2.24, 2.45) is 5.73 Å². The molecule has 5 heteroatoms. The molecule has 1 amide bonds. The first kappa shape index (κ1) is 16.7. The molecule has 0 fully saturated rings. The first-order valence-corrected chi connectivity index (χ1v) is 7.21. The van der Waals surface area contributed by atoms with E-state index in [0.717, 1.165) is 22.3 Å². The minimum absolute atomic E-state index is 0.188. The molecule has 0 saturated carbocycles. The number of carbonyl (C=O) groups excluding carboxylic acids is 1. The summed E-state index contributed by atoms with van der Waals surface area (Å²) in [6.07, 6.45) is 0. The van der Waals surface area contributed by atoms with Gasteiger partial charge in [-0.1, -0.05) is 11.6 Å². The van der Waals surface area contributed by atoms with E-state index >= 15 is 0 Å². The molecule has 0 heterocycles. The van der Waals surface area contributed by atoms with Gasteiger partial charge in [-0.25, -0.2) is 0 Å². The van der Waals surface area contributed by atoms with Crippen molar-refractivity contribution in [3.05, 3.63) is 41.5 Å². The number of methoxy groups -OCH3 is 2. The zero-order chi connectivity index (χ0) is 17.0. The lowest BCUT2D eigenvalue weighted by Gasteiger charge is -2.18. The number of amides is 1. The van der Waals surface area contributed by atoms with Crippen LogP contribution >= 0.6 is 0 Å². The number of nitrogens with two attached hydrogens (primary N) is 1. The molecule has 0 aliphatic carbocycles. The molecule has 0 radical (unpaired) electrons. The molecule has 2 rings (SSSR count). The van der Waals surface area contributed by atoms with Crippen molar-refractivity contribution in [3.63, 3.8) is 0 Å². The molecule has 0 atom stereocenters. The van der Waals surface area contributed by atoms with Gasteiger partial charge in [0.1, 0.15) is 17.2 Å². The van der Waals surface area contributed by atoms with E-state index in [4.69, 9.17) is 19.9 Å². The Morgan fingerprint density at radius 2 is 1.57 bits per heavy atom. The highest BCUT2D eigenvalue weighted by molar-refractivity contribution is 5.83. The first-order valence-electron chi connectivity index (χ1n) is 7.21. The summed E-state index contributed by atoms with van der Waals surface area (Å²) in [5, 5.41) is 0. The van der Waals surface area contributed by atoms with Crippen LogP contribution in [0, 0.1) is 13.8 Å². The van der Waals surface area contributed by atoms with E-state index < -0.39 is 5.91 Å². The highest BCUT2D eigenvalue weighted by Gasteiger charge is 2.18. The SMILES string of the molecule is COc1cc(C)cc(OC)c1-c1cc(C)ccc1OCC(N)=O. The molecular formula is C18H21NO4. The van der Waals surface area contributed by atoms with Crippen LogP contribution in [0.3, 0.4) is 0 Å². The molecule has 0 aliphatic rings. The van der Waals surface area contributed by atoms with Crippen LogP contribution in [-0.2, 0) is 4.79 Å². The maximum Gasteiger partial charge on any atom is 0.255 e. The second-order valence-electron chi connectivity index (χ2n) is 5.30. The van der Waals surface area contributed by atoms with Gasteiger partial charge in [-0.15, -0.1) is 0 Å². The summed E-state index contributed by atoms with van der Waals surface area (Å²) in [5.41, 5.74) is 8.83. The van der Waals surface area contributed by atoms with Crippen molar-refractivity contribution in [2.75, 3.05) is 20.8 Å². The Morgan fingerprint density at radius 1 is 0.957 bits per heavy atom. The largest absolute Gasteiger partial charge is 0.496 e. The lowest BCUT2D eigenvalue weighted by atomic mass is 9.98. The molecule has 0 aliphatic heterocycles. The number of hydrogen-bond donors (Lipinski definition) is 1. The average molecular weight is 315 g/mol. The monoisotopic (exact) mass is 315 g/mol. The third-order valence-corrected chi connectivity index (χ3v) is 3.42. The van der Waals surface area contributed by atoms with Gasteiger partial charge < -0.3 is 19.9 Å². The Labute approximate surface area is 136 Å². The molecule has 0 unspecified atom stereocenters. The summed E-state index contributed by atoms with van der Waals surface area (Å²) < 4.78 is 16.6. The Hall–Kier alpha value is -2.69. The zero-order valence-electron chi connectivity index (χ0n) is 13.8. The Balaban J connectivity index is 2.65. The second kappa shape index (κ2) is 7.05. The van der Waals surface area contributed by atoms with E-state index in [-0.39, 0.29) is 6.61 Å². The van der Waals surface area contributed by atoms with E-state index in [2.05, 4.69) is 0 Å². The van der Waals surface area contributed by atoms with Gasteiger partial charge in [-0.2, -0.15) is 0 Å². The molecule has 0 aromatic heterocycles. The van der Waals surface area contributed by atoms with Crippen molar-refractivity contribution in [1.82, 2.24) is 0 Å². The van der Waals surface area contributed by atoms with Crippen LogP contribution in [0.1, 0.15) is 11.1 Å². The van der Waals surface area contributed by atoms with Crippen LogP contribution < -0.4 is 19.9 Å². The summed E-state index contributed by atoms with van der Waals surface area (Å²) in [5.74, 6) is 1.38. The predicted molar refractivity (Wildman–Crippen MR) is 89.1 cm³/mol. The molecule has 122 valence electrons. The van der Waals surface area contributed by atoms with Crippen LogP contribution in [0.5, 0.6) is 17.2 Å². The van der Waals surface area contributed by atoms with Crippen molar-refractivity contribution in [2.45, 2.75) is 13.8 Å². The van der Waals surface area contributed by atoms with Crippen molar-refractivity contribution in [3.8, 4) is 28.4 Å². The molecule has 0 saturated heterocycles. The van der Waals surface area contributed by atoms with Gasteiger partial charge >= 0.3 is 0 Å². The van der Waals surface area contributed by atoms with E-state index in [1.807, 2.05) is 44.2 Å². The van der Waals surface area contributed by atoms with Crippen LogP contribution in [0.4, 0.5) is 0 Å². The minimum atomic E-state index is -0.528. The third-order valence-electron chi connectivity index (χ3n) is 3.42. The normalized spacial score (nSPS) is 10.3. The lowest BCUT2D eigenvalue weighted by Crippen LogP contribution is -2.20. The zero-order valence-corrected chi connectivity index (χ0v) is 13.8. The molecule has 2 aromatic rings. The van der Waals surface area contributed by atoms with Crippen molar-refractivity contribution < 1.29 is 19.0 Å². The van der Waals surface area contributed by atoms with Crippen LogP contribution in [0.2, 0.25) is 0 Å². The number of ether oxygens (including phenoxy) is 3.